The molecule has 4 radical (unpaired) electrons. The Labute approximate surface area is 259 Å². The van der Waals surface area contributed by atoms with Crippen LogP contribution in [0.25, 0.3) is 22.5 Å². The zero-order valence-corrected chi connectivity index (χ0v) is 26.2. The smallest absolute Gasteiger partial charge is 0.334 e. The average molecular weight is 623 g/mol. The van der Waals surface area contributed by atoms with Crippen molar-refractivity contribution >= 4 is 41.7 Å². The number of hydrogen-bond donors (Lipinski definition) is 1. The van der Waals surface area contributed by atoms with E-state index in [0.29, 0.717) is 70.5 Å². The largest absolute Gasteiger partial charge is 0.482 e. The van der Waals surface area contributed by atoms with Crippen molar-refractivity contribution < 1.29 is 22.7 Å². The molecule has 3 aromatic heterocycles. The van der Waals surface area contributed by atoms with Crippen LogP contribution in [0, 0.1) is 5.82 Å². The minimum absolute atomic E-state index is 0.0317. The molecule has 0 fully saturated rings. The van der Waals surface area contributed by atoms with Gasteiger partial charge in [0.05, 0.1) is 40.3 Å². The van der Waals surface area contributed by atoms with E-state index in [2.05, 4.69) is 20.5 Å². The van der Waals surface area contributed by atoms with Gasteiger partial charge in [0.2, 0.25) is 0 Å². The lowest BCUT2D eigenvalue weighted by Crippen LogP contribution is -2.30. The Kier molecular flexibility index (Phi) is 9.49. The monoisotopic (exact) mass is 622 g/mol. The van der Waals surface area contributed by atoms with Gasteiger partial charge in [-0.1, -0.05) is 11.6 Å². The molecule has 5 rings (SSSR count). The summed E-state index contributed by atoms with van der Waals surface area (Å²) < 4.78 is 41.3. The second-order valence-corrected chi connectivity index (χ2v) is 11.4. The molecular formula is C28H31B2ClFN6O4P. The van der Waals surface area contributed by atoms with Crippen LogP contribution < -0.4 is 10.1 Å². The van der Waals surface area contributed by atoms with Crippen LogP contribution in [-0.4, -0.2) is 60.2 Å². The summed E-state index contributed by atoms with van der Waals surface area (Å²) in [6.45, 7) is 8.87. The highest BCUT2D eigenvalue weighted by atomic mass is 35.5. The molecule has 1 aromatic carbocycles. The molecule has 1 aliphatic rings. The molecule has 10 nitrogen and oxygen atoms in total. The van der Waals surface area contributed by atoms with E-state index in [0.717, 1.165) is 0 Å². The molecule has 0 amide bonds. The molecule has 43 heavy (non-hydrogen) atoms. The fourth-order valence-electron chi connectivity index (χ4n) is 5.06. The molecule has 222 valence electrons. The molecule has 4 aromatic rings. The van der Waals surface area contributed by atoms with Gasteiger partial charge in [-0.05, 0) is 62.7 Å². The number of anilines is 1. The van der Waals surface area contributed by atoms with Crippen LogP contribution in [0.15, 0.2) is 36.7 Å². The number of pyridine rings is 1. The third kappa shape index (κ3) is 6.19. The minimum atomic E-state index is -1.64. The van der Waals surface area contributed by atoms with Crippen molar-refractivity contribution in [2.75, 3.05) is 25.3 Å². The number of benzene rings is 1. The predicted molar refractivity (Wildman–Crippen MR) is 166 cm³/mol. The Bertz CT molecular complexity index is 1610. The van der Waals surface area contributed by atoms with Gasteiger partial charge in [0.1, 0.15) is 18.7 Å². The Morgan fingerprint density at radius 3 is 2.58 bits per heavy atom. The number of halogens is 2. The maximum atomic E-state index is 14.7. The summed E-state index contributed by atoms with van der Waals surface area (Å²) in [5, 5.41) is 10.9. The summed E-state index contributed by atoms with van der Waals surface area (Å²) in [6.07, 6.45) is 2.74. The summed E-state index contributed by atoms with van der Waals surface area (Å²) in [5.74, 6) is 0.321. The van der Waals surface area contributed by atoms with Gasteiger partial charge in [-0.25, -0.2) is 9.37 Å². The summed E-state index contributed by atoms with van der Waals surface area (Å²) in [4.78, 5) is 4.66. The fourth-order valence-corrected chi connectivity index (χ4v) is 6.21. The predicted octanol–water partition coefficient (Wildman–Crippen LogP) is 5.84. The molecule has 0 unspecified atom stereocenters. The van der Waals surface area contributed by atoms with Crippen molar-refractivity contribution in [3.05, 3.63) is 64.3 Å². The molecule has 0 saturated heterocycles. The summed E-state index contributed by atoms with van der Waals surface area (Å²) in [5.41, 5.74) is 3.68. The molecule has 2 bridgehead atoms. The Balaban J connectivity index is 1.70. The lowest BCUT2D eigenvalue weighted by molar-refractivity contribution is 0.177. The van der Waals surface area contributed by atoms with E-state index in [1.165, 1.54) is 12.1 Å². The second kappa shape index (κ2) is 13.0. The average Bonchev–Trinajstić information content (AvgIpc) is 3.53. The van der Waals surface area contributed by atoms with Gasteiger partial charge in [-0.15, -0.1) is 0 Å². The quantitative estimate of drug-likeness (QED) is 0.141. The third-order valence-corrected chi connectivity index (χ3v) is 8.46. The molecule has 4 heterocycles. The summed E-state index contributed by atoms with van der Waals surface area (Å²) >= 11 is 6.76. The maximum Gasteiger partial charge on any atom is 0.334 e. The Morgan fingerprint density at radius 2 is 1.88 bits per heavy atom. The number of rotatable bonds is 9. The van der Waals surface area contributed by atoms with E-state index in [4.69, 9.17) is 45.6 Å². The lowest BCUT2D eigenvalue weighted by atomic mass is 9.47. The summed E-state index contributed by atoms with van der Waals surface area (Å²) in [6, 6.07) is 6.21. The van der Waals surface area contributed by atoms with Crippen molar-refractivity contribution in [1.29, 1.82) is 0 Å². The highest BCUT2D eigenvalue weighted by molar-refractivity contribution is 7.41. The van der Waals surface area contributed by atoms with Crippen molar-refractivity contribution in [2.24, 2.45) is 7.05 Å². The Hall–Kier alpha value is -2.95. The van der Waals surface area contributed by atoms with Crippen LogP contribution in [-0.2, 0) is 32.4 Å². The minimum Gasteiger partial charge on any atom is -0.482 e. The zero-order chi connectivity index (χ0) is 30.9. The number of hydrogen-bond acceptors (Lipinski definition) is 8. The first kappa shape index (κ1) is 31.5. The van der Waals surface area contributed by atoms with Crippen LogP contribution in [0.1, 0.15) is 50.5 Å². The number of aryl methyl sites for hydroxylation is 2. The second-order valence-electron chi connectivity index (χ2n) is 9.84. The molecule has 1 atom stereocenters. The highest BCUT2D eigenvalue weighted by Gasteiger charge is 2.37. The molecular weight excluding hydrogens is 591 g/mol. The van der Waals surface area contributed by atoms with Gasteiger partial charge in [0.15, 0.2) is 16.7 Å². The van der Waals surface area contributed by atoms with E-state index in [1.54, 1.807) is 40.9 Å². The highest BCUT2D eigenvalue weighted by Crippen LogP contribution is 2.45. The topological polar surface area (TPSA) is 97.5 Å². The fraction of sp³-hybridized carbons (Fsp3) is 0.393. The van der Waals surface area contributed by atoms with Crippen molar-refractivity contribution in [1.82, 2.24) is 24.5 Å². The molecule has 15 heteroatoms. The number of aromatic nitrogens is 5. The van der Waals surface area contributed by atoms with Crippen LogP contribution in [0.5, 0.6) is 5.75 Å². The molecule has 0 aliphatic carbocycles. The number of nitrogens with zero attached hydrogens (tertiary/aromatic N) is 5. The summed E-state index contributed by atoms with van der Waals surface area (Å²) in [7, 11) is 14.2. The van der Waals surface area contributed by atoms with E-state index in [1.807, 2.05) is 27.7 Å². The first-order valence-corrected chi connectivity index (χ1v) is 15.3. The van der Waals surface area contributed by atoms with Gasteiger partial charge < -0.3 is 19.1 Å². The van der Waals surface area contributed by atoms with Crippen molar-refractivity contribution in [3.63, 3.8) is 0 Å². The van der Waals surface area contributed by atoms with Crippen LogP contribution >= 0.6 is 20.2 Å². The van der Waals surface area contributed by atoms with Gasteiger partial charge >= 0.3 is 8.60 Å². The van der Waals surface area contributed by atoms with Crippen LogP contribution in [0.3, 0.4) is 0 Å². The van der Waals surface area contributed by atoms with E-state index >= 15 is 0 Å². The SMILES string of the molecule is [B]C1([B])c2cn(C)nc2-c2ccc(F)cc2[C@@H](C)Oc2cc(cnc2NCOP(OCC)OCC)-c2c1c(Cl)nn2CC. The first-order chi connectivity index (χ1) is 20.6. The normalized spacial score (nSPS) is 15.6. The number of ether oxygens (including phenoxy) is 1. The van der Waals surface area contributed by atoms with E-state index < -0.39 is 25.7 Å². The number of nitrogens with one attached hydrogen (secondary N) is 1. The lowest BCUT2D eigenvalue weighted by Gasteiger charge is -2.29. The Morgan fingerprint density at radius 1 is 1.14 bits per heavy atom. The standard InChI is InChI=1S/C28H31B2ClFN6O4P/c1-6-38-25-17-11-22(27(33-13-17)34-15-41-43(39-7-2)40-8-3)42-16(4)20-12-18(32)9-10-19(20)24-21(14-37(5)35-24)28(29,30)23(25)26(31)36-38/h9-14,16H,6-8,15H2,1-5H3,(H,33,34)/t16-/m1/s1. The first-order valence-electron chi connectivity index (χ1n) is 13.9. The van der Waals surface area contributed by atoms with E-state index in [9.17, 15) is 4.39 Å². The van der Waals surface area contributed by atoms with E-state index in [-0.39, 0.29) is 11.9 Å². The van der Waals surface area contributed by atoms with Crippen molar-refractivity contribution in [3.8, 4) is 28.3 Å². The van der Waals surface area contributed by atoms with Crippen molar-refractivity contribution in [2.45, 2.75) is 45.6 Å². The molecule has 0 spiro atoms. The number of fused-ring (bicyclic) bond motifs is 7. The van der Waals surface area contributed by atoms with Gasteiger partial charge in [-0.3, -0.25) is 13.9 Å². The maximum absolute atomic E-state index is 14.7. The van der Waals surface area contributed by atoms with Crippen LogP contribution in [0.2, 0.25) is 5.15 Å². The van der Waals surface area contributed by atoms with Gasteiger partial charge in [0.25, 0.3) is 0 Å². The van der Waals surface area contributed by atoms with Crippen LogP contribution in [0.4, 0.5) is 10.2 Å². The third-order valence-electron chi connectivity index (χ3n) is 6.91. The van der Waals surface area contributed by atoms with Gasteiger partial charge in [-0.2, -0.15) is 10.2 Å². The molecule has 0 saturated carbocycles. The van der Waals surface area contributed by atoms with Gasteiger partial charge in [0, 0.05) is 48.2 Å². The molecule has 1 aliphatic heterocycles. The molecule has 1 N–H and O–H groups in total. The zero-order valence-electron chi connectivity index (χ0n) is 24.6.